The van der Waals surface area contributed by atoms with Crippen LogP contribution in [0.3, 0.4) is 0 Å². The van der Waals surface area contributed by atoms with E-state index in [9.17, 15) is 14.9 Å². The first kappa shape index (κ1) is 18.6. The number of aromatic nitrogens is 2. The number of pyridine rings is 1. The second-order valence-electron chi connectivity index (χ2n) is 6.29. The molecule has 0 fully saturated rings. The Balaban J connectivity index is 1.68. The minimum absolute atomic E-state index is 0.00619. The molecule has 146 valence electrons. The molecule has 3 aromatic heterocycles. The highest BCUT2D eigenvalue weighted by molar-refractivity contribution is 7.15. The highest BCUT2D eigenvalue weighted by atomic mass is 32.1. The van der Waals surface area contributed by atoms with Gasteiger partial charge in [-0.05, 0) is 18.2 Å². The van der Waals surface area contributed by atoms with Gasteiger partial charge in [0.25, 0.3) is 5.69 Å². The van der Waals surface area contributed by atoms with Crippen molar-refractivity contribution in [1.82, 2.24) is 9.38 Å². The topological polar surface area (TPSA) is 113 Å². The fourth-order valence-corrected chi connectivity index (χ4v) is 4.14. The highest BCUT2D eigenvalue weighted by Gasteiger charge is 2.18. The van der Waals surface area contributed by atoms with Gasteiger partial charge in [0.05, 0.1) is 38.6 Å². The molecule has 2 N–H and O–H groups in total. The lowest BCUT2D eigenvalue weighted by Crippen LogP contribution is -2.13. The normalized spacial score (nSPS) is 10.9. The zero-order valence-electron chi connectivity index (χ0n) is 15.1. The van der Waals surface area contributed by atoms with E-state index in [0.29, 0.717) is 16.2 Å². The van der Waals surface area contributed by atoms with Crippen LogP contribution in [0.2, 0.25) is 0 Å². The third kappa shape index (κ3) is 3.81. The van der Waals surface area contributed by atoms with Crippen LogP contribution in [0.5, 0.6) is 5.75 Å². The van der Waals surface area contributed by atoms with Gasteiger partial charge in [-0.2, -0.15) is 0 Å². The Kier molecular flexibility index (Phi) is 4.96. The average molecular weight is 408 g/mol. The van der Waals surface area contributed by atoms with E-state index < -0.39 is 10.8 Å². The average Bonchev–Trinajstić information content (AvgIpc) is 3.30. The Morgan fingerprint density at radius 3 is 2.83 bits per heavy atom. The molecule has 0 bridgehead atoms. The lowest BCUT2D eigenvalue weighted by molar-refractivity contribution is -0.385. The quantitative estimate of drug-likeness (QED) is 0.371. The molecule has 0 atom stereocenters. The van der Waals surface area contributed by atoms with Crippen molar-refractivity contribution >= 4 is 28.6 Å². The van der Waals surface area contributed by atoms with Gasteiger partial charge < -0.3 is 10.5 Å². The van der Waals surface area contributed by atoms with Crippen LogP contribution in [-0.2, 0) is 17.8 Å². The number of ether oxygens (including phenoxy) is 1. The van der Waals surface area contributed by atoms with Gasteiger partial charge in [0.2, 0.25) is 5.91 Å². The molecule has 0 radical (unpaired) electrons. The van der Waals surface area contributed by atoms with Crippen LogP contribution in [0.1, 0.15) is 10.4 Å². The number of nitrogens with two attached hydrogens (primary N) is 1. The standard InChI is InChI=1S/C20H16N4O4S/c21-19(25)10-18-16(28-12-13-5-1-2-6-14(13)24(26)27)9-17(29-18)15-11-22-20-7-3-4-8-23(15)20/h1-9,11H,10,12H2,(H2,21,25). The lowest BCUT2D eigenvalue weighted by atomic mass is 10.2. The number of benzene rings is 1. The number of nitrogens with zero attached hydrogens (tertiary/aromatic N) is 3. The van der Waals surface area contributed by atoms with Gasteiger partial charge in [0.1, 0.15) is 18.0 Å². The monoisotopic (exact) mass is 408 g/mol. The molecule has 0 saturated carbocycles. The first-order valence-corrected chi connectivity index (χ1v) is 9.53. The van der Waals surface area contributed by atoms with Crippen molar-refractivity contribution in [1.29, 1.82) is 0 Å². The number of nitro groups is 1. The number of hydrogen-bond donors (Lipinski definition) is 1. The van der Waals surface area contributed by atoms with Gasteiger partial charge in [0.15, 0.2) is 0 Å². The van der Waals surface area contributed by atoms with E-state index in [0.717, 1.165) is 16.2 Å². The molecule has 0 unspecified atom stereocenters. The number of carbonyl (C=O) groups is 1. The highest BCUT2D eigenvalue weighted by Crippen LogP contribution is 2.37. The van der Waals surface area contributed by atoms with E-state index >= 15 is 0 Å². The van der Waals surface area contributed by atoms with Crippen LogP contribution in [-0.4, -0.2) is 20.2 Å². The third-order valence-corrected chi connectivity index (χ3v) is 5.48. The molecule has 1 aromatic carbocycles. The molecule has 0 spiro atoms. The summed E-state index contributed by atoms with van der Waals surface area (Å²) < 4.78 is 7.81. The molecule has 0 saturated heterocycles. The van der Waals surface area contributed by atoms with Crippen LogP contribution in [0.4, 0.5) is 5.69 Å². The van der Waals surface area contributed by atoms with Gasteiger partial charge >= 0.3 is 0 Å². The van der Waals surface area contributed by atoms with Crippen molar-refractivity contribution in [2.75, 3.05) is 0 Å². The predicted octanol–water partition coefficient (Wildman–Crippen LogP) is 3.58. The summed E-state index contributed by atoms with van der Waals surface area (Å²) in [5.41, 5.74) is 7.48. The molecule has 0 aliphatic rings. The van der Waals surface area contributed by atoms with E-state index in [1.807, 2.05) is 34.9 Å². The summed E-state index contributed by atoms with van der Waals surface area (Å²) in [7, 11) is 0. The predicted molar refractivity (Wildman–Crippen MR) is 109 cm³/mol. The maximum atomic E-state index is 11.5. The number of imidazole rings is 1. The number of nitro benzene ring substituents is 1. The second kappa shape index (κ2) is 7.72. The fourth-order valence-electron chi connectivity index (χ4n) is 3.02. The van der Waals surface area contributed by atoms with Crippen LogP contribution in [0, 0.1) is 10.1 Å². The van der Waals surface area contributed by atoms with Crippen molar-refractivity contribution in [2.24, 2.45) is 5.73 Å². The van der Waals surface area contributed by atoms with Crippen molar-refractivity contribution < 1.29 is 14.5 Å². The first-order valence-electron chi connectivity index (χ1n) is 8.71. The second-order valence-corrected chi connectivity index (χ2v) is 7.42. The van der Waals surface area contributed by atoms with Gasteiger partial charge in [-0.1, -0.05) is 18.2 Å². The molecular weight excluding hydrogens is 392 g/mol. The van der Waals surface area contributed by atoms with Crippen LogP contribution in [0.25, 0.3) is 16.2 Å². The number of amides is 1. The van der Waals surface area contributed by atoms with Crippen molar-refractivity contribution in [3.8, 4) is 16.3 Å². The Morgan fingerprint density at radius 2 is 2.03 bits per heavy atom. The largest absolute Gasteiger partial charge is 0.487 e. The Labute approximate surface area is 169 Å². The molecule has 0 aliphatic heterocycles. The summed E-state index contributed by atoms with van der Waals surface area (Å²) in [5, 5.41) is 11.2. The van der Waals surface area contributed by atoms with E-state index in [2.05, 4.69) is 4.98 Å². The SMILES string of the molecule is NC(=O)Cc1sc(-c2cnc3ccccn23)cc1OCc1ccccc1[N+](=O)[O-]. The molecule has 4 aromatic rings. The van der Waals surface area contributed by atoms with Gasteiger partial charge in [0, 0.05) is 18.3 Å². The van der Waals surface area contributed by atoms with Crippen molar-refractivity contribution in [3.63, 3.8) is 0 Å². The zero-order chi connectivity index (χ0) is 20.4. The minimum atomic E-state index is -0.480. The molecule has 3 heterocycles. The van der Waals surface area contributed by atoms with Gasteiger partial charge in [-0.3, -0.25) is 19.3 Å². The number of primary amides is 1. The number of rotatable bonds is 7. The van der Waals surface area contributed by atoms with Crippen LogP contribution < -0.4 is 10.5 Å². The molecular formula is C20H16N4O4S. The Bertz CT molecular complexity index is 1210. The van der Waals surface area contributed by atoms with Gasteiger partial charge in [-0.25, -0.2) is 4.98 Å². The Hall–Kier alpha value is -3.72. The third-order valence-electron chi connectivity index (χ3n) is 4.35. The zero-order valence-corrected chi connectivity index (χ0v) is 16.0. The first-order chi connectivity index (χ1) is 14.0. The summed E-state index contributed by atoms with van der Waals surface area (Å²) in [6.45, 7) is 0.00619. The molecule has 8 nitrogen and oxygen atoms in total. The fraction of sp³-hybridized carbons (Fsp3) is 0.100. The summed E-state index contributed by atoms with van der Waals surface area (Å²) in [6, 6.07) is 13.9. The summed E-state index contributed by atoms with van der Waals surface area (Å²) in [6.07, 6.45) is 3.67. The van der Waals surface area contributed by atoms with Gasteiger partial charge in [-0.15, -0.1) is 11.3 Å². The van der Waals surface area contributed by atoms with Crippen molar-refractivity contribution in [3.05, 3.63) is 81.5 Å². The smallest absolute Gasteiger partial charge is 0.276 e. The van der Waals surface area contributed by atoms with E-state index in [1.54, 1.807) is 24.4 Å². The number of para-hydroxylation sites is 1. The van der Waals surface area contributed by atoms with Crippen LogP contribution in [0.15, 0.2) is 60.9 Å². The van der Waals surface area contributed by atoms with E-state index in [-0.39, 0.29) is 18.7 Å². The Morgan fingerprint density at radius 1 is 1.24 bits per heavy atom. The maximum Gasteiger partial charge on any atom is 0.276 e. The molecule has 1 amide bonds. The maximum absolute atomic E-state index is 11.5. The molecule has 29 heavy (non-hydrogen) atoms. The number of carbonyl (C=O) groups excluding carboxylic acids is 1. The minimum Gasteiger partial charge on any atom is -0.487 e. The van der Waals surface area contributed by atoms with E-state index in [1.165, 1.54) is 17.4 Å². The lowest BCUT2D eigenvalue weighted by Gasteiger charge is -2.07. The summed E-state index contributed by atoms with van der Waals surface area (Å²) in [5.74, 6) is -0.0000777. The molecule has 4 rings (SSSR count). The number of thiophene rings is 1. The molecule has 9 heteroatoms. The summed E-state index contributed by atoms with van der Waals surface area (Å²) >= 11 is 1.39. The number of fused-ring (bicyclic) bond motifs is 1. The summed E-state index contributed by atoms with van der Waals surface area (Å²) in [4.78, 5) is 28.2. The van der Waals surface area contributed by atoms with E-state index in [4.69, 9.17) is 10.5 Å². The van der Waals surface area contributed by atoms with Crippen LogP contribution >= 0.6 is 11.3 Å². The molecule has 0 aliphatic carbocycles. The van der Waals surface area contributed by atoms with Crippen molar-refractivity contribution in [2.45, 2.75) is 13.0 Å². The number of hydrogen-bond acceptors (Lipinski definition) is 6.